The third-order valence-electron chi connectivity index (χ3n) is 6.31. The first-order valence-corrected chi connectivity index (χ1v) is 13.1. The predicted octanol–water partition coefficient (Wildman–Crippen LogP) is 6.29. The second-order valence-electron chi connectivity index (χ2n) is 9.47. The van der Waals surface area contributed by atoms with Gasteiger partial charge in [0, 0.05) is 36.0 Å². The van der Waals surface area contributed by atoms with Gasteiger partial charge in [-0.15, -0.1) is 0 Å². The molecule has 0 spiro atoms. The van der Waals surface area contributed by atoms with Gasteiger partial charge in [0.1, 0.15) is 5.82 Å². The summed E-state index contributed by atoms with van der Waals surface area (Å²) < 4.78 is 1.03. The summed E-state index contributed by atoms with van der Waals surface area (Å²) in [6.45, 7) is 4.39. The van der Waals surface area contributed by atoms with Gasteiger partial charge in [-0.25, -0.2) is 4.98 Å². The van der Waals surface area contributed by atoms with Crippen LogP contribution in [0.2, 0.25) is 0 Å². The van der Waals surface area contributed by atoms with Gasteiger partial charge in [0.15, 0.2) is 5.11 Å². The van der Waals surface area contributed by atoms with Gasteiger partial charge in [0.25, 0.3) is 0 Å². The van der Waals surface area contributed by atoms with Crippen LogP contribution in [-0.2, 0) is 0 Å². The van der Waals surface area contributed by atoms with E-state index in [1.807, 2.05) is 37.2 Å². The average molecular weight is 542 g/mol. The molecule has 1 saturated carbocycles. The molecule has 180 valence electrons. The summed E-state index contributed by atoms with van der Waals surface area (Å²) in [5.41, 5.74) is 3.25. The topological polar surface area (TPSA) is 65.1 Å². The van der Waals surface area contributed by atoms with Crippen LogP contribution in [0.25, 0.3) is 10.9 Å². The molecule has 0 radical (unpaired) electrons. The third-order valence-corrected chi connectivity index (χ3v) is 7.19. The highest BCUT2D eigenvalue weighted by atomic mass is 79.9. The van der Waals surface area contributed by atoms with Gasteiger partial charge in [0.05, 0.1) is 11.2 Å². The molecule has 2 aromatic carbocycles. The van der Waals surface area contributed by atoms with Crippen molar-refractivity contribution in [2.24, 2.45) is 0 Å². The molecular formula is C26H33BrN6S. The Morgan fingerprint density at radius 1 is 1.03 bits per heavy atom. The summed E-state index contributed by atoms with van der Waals surface area (Å²) >= 11 is 9.26. The molecule has 0 saturated heterocycles. The van der Waals surface area contributed by atoms with E-state index in [0.717, 1.165) is 52.6 Å². The number of hydrogen-bond donors (Lipinski definition) is 3. The van der Waals surface area contributed by atoms with Gasteiger partial charge in [0.2, 0.25) is 5.95 Å². The fourth-order valence-electron chi connectivity index (χ4n) is 4.37. The van der Waals surface area contributed by atoms with Crippen LogP contribution in [0.15, 0.2) is 46.9 Å². The molecule has 0 bridgehead atoms. The molecule has 0 aliphatic heterocycles. The van der Waals surface area contributed by atoms with E-state index >= 15 is 0 Å². The molecular weight excluding hydrogens is 508 g/mol. The van der Waals surface area contributed by atoms with Crippen LogP contribution in [0.4, 0.5) is 17.5 Å². The lowest BCUT2D eigenvalue weighted by atomic mass is 9.91. The Labute approximate surface area is 216 Å². The maximum Gasteiger partial charge on any atom is 0.225 e. The van der Waals surface area contributed by atoms with Gasteiger partial charge in [-0.2, -0.15) is 4.98 Å². The highest BCUT2D eigenvalue weighted by Crippen LogP contribution is 2.28. The van der Waals surface area contributed by atoms with Crippen molar-refractivity contribution >= 4 is 61.6 Å². The number of hydrogen-bond acceptors (Lipinski definition) is 5. The van der Waals surface area contributed by atoms with E-state index in [1.54, 1.807) is 0 Å². The molecule has 1 fully saturated rings. The minimum atomic E-state index is 0.355. The van der Waals surface area contributed by atoms with Crippen molar-refractivity contribution in [1.82, 2.24) is 15.3 Å². The van der Waals surface area contributed by atoms with Gasteiger partial charge >= 0.3 is 0 Å². The summed E-state index contributed by atoms with van der Waals surface area (Å²) in [6.07, 6.45) is 4.17. The monoisotopic (exact) mass is 540 g/mol. The Bertz CT molecular complexity index is 1160. The third kappa shape index (κ3) is 5.96. The molecule has 1 heterocycles. The summed E-state index contributed by atoms with van der Waals surface area (Å²) in [6, 6.07) is 15.3. The van der Waals surface area contributed by atoms with E-state index in [4.69, 9.17) is 22.2 Å². The zero-order valence-corrected chi connectivity index (χ0v) is 22.6. The standard InChI is InChI=1S/C26H33BrN6S/c1-16(2)17-9-14-23(21(27)15-17)31-26(34)29-19-12-10-18(11-13-19)28-25-30-22-8-6-5-7-20(22)24(32-25)33(3)4/h5-9,14-16,18-19H,10-13H2,1-4H3,(H,28,30,32)(H2,29,31,34). The van der Waals surface area contributed by atoms with E-state index in [-0.39, 0.29) is 0 Å². The number of para-hydroxylation sites is 1. The highest BCUT2D eigenvalue weighted by molar-refractivity contribution is 9.10. The quantitative estimate of drug-likeness (QED) is 0.317. The predicted molar refractivity (Wildman–Crippen MR) is 151 cm³/mol. The number of anilines is 3. The number of nitrogens with zero attached hydrogens (tertiary/aromatic N) is 3. The van der Waals surface area contributed by atoms with Crippen molar-refractivity contribution in [1.29, 1.82) is 0 Å². The molecule has 0 atom stereocenters. The van der Waals surface area contributed by atoms with E-state index < -0.39 is 0 Å². The van der Waals surface area contributed by atoms with Crippen LogP contribution < -0.4 is 20.9 Å². The first kappa shape index (κ1) is 24.7. The molecule has 8 heteroatoms. The Morgan fingerprint density at radius 2 is 1.74 bits per heavy atom. The van der Waals surface area contributed by atoms with Crippen LogP contribution in [0.1, 0.15) is 51.0 Å². The number of benzene rings is 2. The molecule has 1 aliphatic carbocycles. The Hall–Kier alpha value is -2.45. The number of rotatable bonds is 6. The lowest BCUT2D eigenvalue weighted by Crippen LogP contribution is -2.42. The Balaban J connectivity index is 1.31. The largest absolute Gasteiger partial charge is 0.362 e. The lowest BCUT2D eigenvalue weighted by Gasteiger charge is -2.30. The highest BCUT2D eigenvalue weighted by Gasteiger charge is 2.23. The van der Waals surface area contributed by atoms with Crippen molar-refractivity contribution in [2.45, 2.75) is 57.5 Å². The SMILES string of the molecule is CC(C)c1ccc(NC(=S)NC2CCC(Nc3nc(N(C)C)c4ccccc4n3)CC2)c(Br)c1. The number of fused-ring (bicyclic) bond motifs is 1. The van der Waals surface area contributed by atoms with Crippen molar-refractivity contribution < 1.29 is 0 Å². The summed E-state index contributed by atoms with van der Waals surface area (Å²) in [4.78, 5) is 11.6. The smallest absolute Gasteiger partial charge is 0.225 e. The van der Waals surface area contributed by atoms with E-state index in [0.29, 0.717) is 29.1 Å². The normalized spacial score (nSPS) is 18.1. The number of aromatic nitrogens is 2. The van der Waals surface area contributed by atoms with Crippen molar-refractivity contribution in [3.8, 4) is 0 Å². The Morgan fingerprint density at radius 3 is 2.41 bits per heavy atom. The fourth-order valence-corrected chi connectivity index (χ4v) is 5.14. The van der Waals surface area contributed by atoms with Gasteiger partial charge in [-0.1, -0.05) is 32.0 Å². The maximum absolute atomic E-state index is 5.60. The van der Waals surface area contributed by atoms with Crippen molar-refractivity contribution in [3.63, 3.8) is 0 Å². The van der Waals surface area contributed by atoms with Crippen molar-refractivity contribution in [3.05, 3.63) is 52.5 Å². The van der Waals surface area contributed by atoms with E-state index in [1.165, 1.54) is 5.56 Å². The maximum atomic E-state index is 5.60. The van der Waals surface area contributed by atoms with Crippen LogP contribution in [0.3, 0.4) is 0 Å². The molecule has 0 unspecified atom stereocenters. The number of halogens is 1. The molecule has 3 aromatic rings. The van der Waals surface area contributed by atoms with Gasteiger partial charge in [-0.3, -0.25) is 0 Å². The molecule has 4 rings (SSSR count). The average Bonchev–Trinajstić information content (AvgIpc) is 2.81. The van der Waals surface area contributed by atoms with Crippen LogP contribution in [0.5, 0.6) is 0 Å². The van der Waals surface area contributed by atoms with E-state index in [2.05, 4.69) is 70.0 Å². The molecule has 1 aromatic heterocycles. The summed E-state index contributed by atoms with van der Waals surface area (Å²) in [5.74, 6) is 2.13. The molecule has 0 amide bonds. The summed E-state index contributed by atoms with van der Waals surface area (Å²) in [5, 5.41) is 12.1. The molecule has 1 aliphatic rings. The van der Waals surface area contributed by atoms with Crippen molar-refractivity contribution in [2.75, 3.05) is 29.6 Å². The Kier molecular flexibility index (Phi) is 7.88. The minimum absolute atomic E-state index is 0.355. The van der Waals surface area contributed by atoms with Gasteiger partial charge in [-0.05, 0) is 89.6 Å². The lowest BCUT2D eigenvalue weighted by molar-refractivity contribution is 0.387. The van der Waals surface area contributed by atoms with Gasteiger partial charge < -0.3 is 20.9 Å². The first-order chi connectivity index (χ1) is 16.3. The second kappa shape index (κ2) is 10.9. The zero-order chi connectivity index (χ0) is 24.2. The first-order valence-electron chi connectivity index (χ1n) is 11.9. The fraction of sp³-hybridized carbons (Fsp3) is 0.423. The van der Waals surface area contributed by atoms with Crippen LogP contribution >= 0.6 is 28.1 Å². The minimum Gasteiger partial charge on any atom is -0.362 e. The molecule has 6 nitrogen and oxygen atoms in total. The van der Waals surface area contributed by atoms with E-state index in [9.17, 15) is 0 Å². The molecule has 34 heavy (non-hydrogen) atoms. The molecule has 3 N–H and O–H groups in total. The number of nitrogens with one attached hydrogen (secondary N) is 3. The van der Waals surface area contributed by atoms with Crippen LogP contribution in [-0.4, -0.2) is 41.3 Å². The van der Waals surface area contributed by atoms with Crippen LogP contribution in [0, 0.1) is 0 Å². The zero-order valence-electron chi connectivity index (χ0n) is 20.2. The second-order valence-corrected chi connectivity index (χ2v) is 10.7. The summed E-state index contributed by atoms with van der Waals surface area (Å²) in [7, 11) is 4.03. The number of thiocarbonyl (C=S) groups is 1.